The number of hydrogen-bond donors (Lipinski definition) is 0. The summed E-state index contributed by atoms with van der Waals surface area (Å²) in [6.45, 7) is -1.43. The Morgan fingerprint density at radius 1 is 0.710 bits per heavy atom. The topological polar surface area (TPSA) is 52.6 Å². The number of carbonyl (C=O) groups excluding carboxylic acids is 2. The van der Waals surface area contributed by atoms with Crippen molar-refractivity contribution in [1.29, 1.82) is 0 Å². The minimum atomic E-state index is -6.21. The summed E-state index contributed by atoms with van der Waals surface area (Å²) >= 11 is 0. The first-order valence-corrected chi connectivity index (χ1v) is 7.30. The van der Waals surface area contributed by atoms with E-state index in [-0.39, 0.29) is 6.08 Å². The summed E-state index contributed by atoms with van der Waals surface area (Å²) in [7, 11) is 0. The molecule has 1 unspecified atom stereocenters. The number of ether oxygens (including phenoxy) is 2. The maximum atomic E-state index is 12.7. The third kappa shape index (κ3) is 9.91. The van der Waals surface area contributed by atoms with E-state index in [0.29, 0.717) is 0 Å². The number of alkyl halides is 13. The van der Waals surface area contributed by atoms with Gasteiger partial charge in [-0.05, 0) is 24.3 Å². The maximum absolute atomic E-state index is 12.7. The molecule has 0 spiro atoms. The number of carbonyl (C=O) groups is 2. The summed E-state index contributed by atoms with van der Waals surface area (Å²) in [4.78, 5) is 22.4. The summed E-state index contributed by atoms with van der Waals surface area (Å²) in [6.07, 6.45) is -25.1. The molecular formula is C14H9F13O4. The van der Waals surface area contributed by atoms with Crippen molar-refractivity contribution in [3.8, 4) is 0 Å². The van der Waals surface area contributed by atoms with Crippen molar-refractivity contribution < 1.29 is 76.1 Å². The second kappa shape index (κ2) is 9.76. The number of rotatable bonds is 7. The third-order valence-electron chi connectivity index (χ3n) is 2.77. The van der Waals surface area contributed by atoms with Crippen molar-refractivity contribution in [1.82, 2.24) is 0 Å². The molecule has 0 rings (SSSR count). The molecule has 0 fully saturated rings. The number of allylic oxidation sites excluding steroid dienone is 2. The Balaban J connectivity index is 5.13. The van der Waals surface area contributed by atoms with Crippen molar-refractivity contribution in [3.63, 3.8) is 0 Å². The molecule has 0 aromatic rings. The van der Waals surface area contributed by atoms with Crippen molar-refractivity contribution in [3.05, 3.63) is 24.3 Å². The van der Waals surface area contributed by atoms with Gasteiger partial charge in [-0.25, -0.2) is 9.59 Å². The van der Waals surface area contributed by atoms with Crippen LogP contribution in [-0.2, 0) is 19.1 Å². The Morgan fingerprint density at radius 2 is 1.16 bits per heavy atom. The van der Waals surface area contributed by atoms with Crippen molar-refractivity contribution in [2.24, 2.45) is 0 Å². The van der Waals surface area contributed by atoms with E-state index in [0.717, 1.165) is 0 Å². The predicted molar refractivity (Wildman–Crippen MR) is 71.8 cm³/mol. The Hall–Kier alpha value is -2.49. The van der Waals surface area contributed by atoms with Gasteiger partial charge in [0.1, 0.15) is 12.7 Å². The number of esters is 2. The molecule has 0 aromatic heterocycles. The Labute approximate surface area is 163 Å². The molecule has 0 aromatic carbocycles. The van der Waals surface area contributed by atoms with Crippen LogP contribution in [0.3, 0.4) is 0 Å². The molecular weight excluding hydrogens is 479 g/mol. The second-order valence-electron chi connectivity index (χ2n) is 5.36. The molecule has 0 radical (unpaired) electrons. The van der Waals surface area contributed by atoms with Crippen molar-refractivity contribution in [2.75, 3.05) is 6.61 Å². The van der Waals surface area contributed by atoms with Gasteiger partial charge in [-0.2, -0.15) is 57.1 Å². The molecule has 0 heterocycles. The first-order chi connectivity index (χ1) is 13.6. The Bertz CT molecular complexity index is 686. The first kappa shape index (κ1) is 28.5. The van der Waals surface area contributed by atoms with E-state index in [1.165, 1.54) is 0 Å². The number of hydrogen-bond acceptors (Lipinski definition) is 4. The van der Waals surface area contributed by atoms with E-state index in [1.807, 2.05) is 0 Å². The minimum Gasteiger partial charge on any atom is -0.453 e. The van der Waals surface area contributed by atoms with E-state index in [4.69, 9.17) is 0 Å². The Morgan fingerprint density at radius 3 is 1.58 bits per heavy atom. The van der Waals surface area contributed by atoms with Crippen LogP contribution in [-0.4, -0.2) is 55.0 Å². The molecule has 0 aliphatic rings. The lowest BCUT2D eigenvalue weighted by atomic mass is 10.2. The van der Waals surface area contributed by atoms with E-state index in [1.54, 1.807) is 0 Å². The Kier molecular flexibility index (Phi) is 8.97. The zero-order valence-electron chi connectivity index (χ0n) is 14.3. The highest BCUT2D eigenvalue weighted by atomic mass is 19.4. The molecule has 31 heavy (non-hydrogen) atoms. The van der Waals surface area contributed by atoms with Gasteiger partial charge in [0.25, 0.3) is 0 Å². The van der Waals surface area contributed by atoms with Crippen LogP contribution in [0.4, 0.5) is 57.1 Å². The van der Waals surface area contributed by atoms with Crippen LogP contribution in [0, 0.1) is 0 Å². The van der Waals surface area contributed by atoms with Crippen molar-refractivity contribution in [2.45, 2.75) is 42.9 Å². The van der Waals surface area contributed by atoms with Crippen molar-refractivity contribution >= 4 is 11.9 Å². The highest BCUT2D eigenvalue weighted by Crippen LogP contribution is 2.37. The molecule has 0 saturated carbocycles. The van der Waals surface area contributed by atoms with Crippen LogP contribution in [0.1, 0.15) is 6.42 Å². The fourth-order valence-corrected chi connectivity index (χ4v) is 1.36. The molecule has 0 amide bonds. The van der Waals surface area contributed by atoms with Crippen LogP contribution >= 0.6 is 0 Å². The summed E-state index contributed by atoms with van der Waals surface area (Å²) in [6, 6.07) is 0. The largest absolute Gasteiger partial charge is 0.457 e. The normalized spacial score (nSPS) is 15.4. The maximum Gasteiger partial charge on any atom is 0.457 e. The lowest BCUT2D eigenvalue weighted by molar-refractivity contribution is -0.259. The van der Waals surface area contributed by atoms with Gasteiger partial charge in [-0.15, -0.1) is 0 Å². The van der Waals surface area contributed by atoms with Crippen LogP contribution in [0.5, 0.6) is 0 Å². The number of halogens is 13. The molecule has 0 bridgehead atoms. The molecule has 17 heteroatoms. The van der Waals surface area contributed by atoms with Gasteiger partial charge >= 0.3 is 42.3 Å². The summed E-state index contributed by atoms with van der Waals surface area (Å²) in [5.74, 6) is -15.6. The van der Waals surface area contributed by atoms with Gasteiger partial charge in [-0.3, -0.25) is 0 Å². The van der Waals surface area contributed by atoms with E-state index < -0.39 is 79.7 Å². The van der Waals surface area contributed by atoms with Gasteiger partial charge in [0.05, 0.1) is 6.42 Å². The van der Waals surface area contributed by atoms with E-state index >= 15 is 0 Å². The fraction of sp³-hybridized carbons (Fsp3) is 0.571. The zero-order valence-corrected chi connectivity index (χ0v) is 14.3. The molecule has 0 saturated heterocycles. The molecule has 0 aliphatic heterocycles. The van der Waals surface area contributed by atoms with Gasteiger partial charge < -0.3 is 9.47 Å². The summed E-state index contributed by atoms with van der Waals surface area (Å²) in [5.41, 5.74) is 0. The summed E-state index contributed by atoms with van der Waals surface area (Å²) in [5, 5.41) is 0. The molecule has 180 valence electrons. The average molecular weight is 488 g/mol. The van der Waals surface area contributed by atoms with Crippen LogP contribution in [0.15, 0.2) is 24.3 Å². The lowest BCUT2D eigenvalue weighted by Gasteiger charge is -2.18. The van der Waals surface area contributed by atoms with Gasteiger partial charge in [0, 0.05) is 0 Å². The quantitative estimate of drug-likeness (QED) is 0.222. The molecule has 1 atom stereocenters. The summed E-state index contributed by atoms with van der Waals surface area (Å²) < 4.78 is 167. The molecule has 0 aliphatic carbocycles. The van der Waals surface area contributed by atoms with Crippen LogP contribution < -0.4 is 0 Å². The highest BCUT2D eigenvalue weighted by molar-refractivity contribution is 6.29. The van der Waals surface area contributed by atoms with Gasteiger partial charge in [0.15, 0.2) is 0 Å². The van der Waals surface area contributed by atoms with E-state index in [9.17, 15) is 66.7 Å². The smallest absolute Gasteiger partial charge is 0.453 e. The fourth-order valence-electron chi connectivity index (χ4n) is 1.36. The standard InChI is InChI=1S/C14H9F13O4/c15-10(16,13(22,23)24)3-1-5-30-8(28)9(29)31-7(6-12(19,20)21)2-4-11(17,18)14(25,26)27/h1-4,7H,5-6H2/b3-1+,4-2+. The SMILES string of the molecule is O=C(OC/C=C/C(F)(F)C(F)(F)F)C(=O)OC(/C=C/C(F)(F)C(F)(F)F)CC(F)(F)F. The van der Waals surface area contributed by atoms with Gasteiger partial charge in [0.2, 0.25) is 0 Å². The van der Waals surface area contributed by atoms with Gasteiger partial charge in [-0.1, -0.05) is 0 Å². The first-order valence-electron chi connectivity index (χ1n) is 7.30. The van der Waals surface area contributed by atoms with E-state index in [2.05, 4.69) is 9.47 Å². The predicted octanol–water partition coefficient (Wildman–Crippen LogP) is 4.90. The monoisotopic (exact) mass is 488 g/mol. The van der Waals surface area contributed by atoms with Crippen LogP contribution in [0.2, 0.25) is 0 Å². The molecule has 0 N–H and O–H groups in total. The second-order valence-corrected chi connectivity index (χ2v) is 5.36. The minimum absolute atomic E-state index is 0.0876. The lowest BCUT2D eigenvalue weighted by Crippen LogP contribution is -2.35. The third-order valence-corrected chi connectivity index (χ3v) is 2.77. The highest BCUT2D eigenvalue weighted by Gasteiger charge is 2.56. The van der Waals surface area contributed by atoms with Crippen LogP contribution in [0.25, 0.3) is 0 Å². The zero-order chi connectivity index (χ0) is 24.9. The molecule has 4 nitrogen and oxygen atoms in total. The average Bonchev–Trinajstić information content (AvgIpc) is 2.52.